The smallest absolute Gasteiger partial charge is 0.340 e. The molecule has 0 aliphatic heterocycles. The van der Waals surface area contributed by atoms with Gasteiger partial charge >= 0.3 is 12.0 Å². The Balaban J connectivity index is 3.07. The Bertz CT molecular complexity index is 360. The normalized spacial score (nSPS) is 9.62. The van der Waals surface area contributed by atoms with E-state index in [0.717, 1.165) is 11.5 Å². The SMILES string of the molecule is Cc1nsc(NC(N)=O)c1C(=O)O. The van der Waals surface area contributed by atoms with Crippen molar-refractivity contribution < 1.29 is 14.7 Å². The summed E-state index contributed by atoms with van der Waals surface area (Å²) in [6.07, 6.45) is 0. The van der Waals surface area contributed by atoms with Crippen LogP contribution in [0.15, 0.2) is 0 Å². The molecule has 6 nitrogen and oxygen atoms in total. The van der Waals surface area contributed by atoms with Crippen molar-refractivity contribution in [1.29, 1.82) is 0 Å². The lowest BCUT2D eigenvalue weighted by atomic mass is 10.2. The van der Waals surface area contributed by atoms with Crippen molar-refractivity contribution in [2.24, 2.45) is 5.73 Å². The molecule has 0 atom stereocenters. The zero-order chi connectivity index (χ0) is 10.0. The Morgan fingerprint density at radius 1 is 1.62 bits per heavy atom. The second kappa shape index (κ2) is 3.40. The van der Waals surface area contributed by atoms with Gasteiger partial charge in [-0.25, -0.2) is 9.59 Å². The number of hydrogen-bond acceptors (Lipinski definition) is 4. The Hall–Kier alpha value is -1.63. The Morgan fingerprint density at radius 3 is 2.69 bits per heavy atom. The van der Waals surface area contributed by atoms with Gasteiger partial charge in [0.1, 0.15) is 10.6 Å². The van der Waals surface area contributed by atoms with E-state index in [4.69, 9.17) is 10.8 Å². The molecule has 13 heavy (non-hydrogen) atoms. The van der Waals surface area contributed by atoms with Crippen molar-refractivity contribution in [3.8, 4) is 0 Å². The van der Waals surface area contributed by atoms with Gasteiger partial charge in [-0.3, -0.25) is 5.32 Å². The number of carboxylic acids is 1. The molecule has 7 heteroatoms. The quantitative estimate of drug-likeness (QED) is 0.652. The number of rotatable bonds is 2. The van der Waals surface area contributed by atoms with E-state index in [1.165, 1.54) is 0 Å². The first-order chi connectivity index (χ1) is 6.02. The zero-order valence-electron chi connectivity index (χ0n) is 6.70. The third-order valence-corrected chi connectivity index (χ3v) is 2.17. The van der Waals surface area contributed by atoms with Gasteiger partial charge in [0.2, 0.25) is 0 Å². The van der Waals surface area contributed by atoms with Crippen LogP contribution in [0.25, 0.3) is 0 Å². The number of nitrogens with zero attached hydrogens (tertiary/aromatic N) is 1. The van der Waals surface area contributed by atoms with Crippen LogP contribution in [0.1, 0.15) is 16.1 Å². The van der Waals surface area contributed by atoms with Crippen LogP contribution in [0.2, 0.25) is 0 Å². The number of carbonyl (C=O) groups excluding carboxylic acids is 1. The lowest BCUT2D eigenvalue weighted by Crippen LogP contribution is -2.20. The highest BCUT2D eigenvalue weighted by Crippen LogP contribution is 2.23. The molecule has 1 heterocycles. The molecular weight excluding hydrogens is 194 g/mol. The first-order valence-corrected chi connectivity index (χ1v) is 4.05. The maximum Gasteiger partial charge on any atom is 0.340 e. The van der Waals surface area contributed by atoms with Crippen molar-refractivity contribution >= 4 is 28.5 Å². The number of hydrogen-bond donors (Lipinski definition) is 3. The van der Waals surface area contributed by atoms with Gasteiger partial charge in [-0.1, -0.05) is 0 Å². The third-order valence-electron chi connectivity index (χ3n) is 1.31. The largest absolute Gasteiger partial charge is 0.478 e. The van der Waals surface area contributed by atoms with Crippen molar-refractivity contribution in [3.63, 3.8) is 0 Å². The molecule has 0 radical (unpaired) electrons. The summed E-state index contributed by atoms with van der Waals surface area (Å²) in [6.45, 7) is 1.55. The first kappa shape index (κ1) is 9.46. The maximum absolute atomic E-state index is 10.7. The number of urea groups is 1. The van der Waals surface area contributed by atoms with E-state index >= 15 is 0 Å². The van der Waals surface area contributed by atoms with E-state index < -0.39 is 12.0 Å². The predicted octanol–water partition coefficient (Wildman–Crippen LogP) is 0.640. The summed E-state index contributed by atoms with van der Waals surface area (Å²) in [5.74, 6) is -1.13. The summed E-state index contributed by atoms with van der Waals surface area (Å²) in [6, 6.07) is -0.800. The summed E-state index contributed by atoms with van der Waals surface area (Å²) < 4.78 is 3.78. The van der Waals surface area contributed by atoms with Crippen LogP contribution < -0.4 is 11.1 Å². The predicted molar refractivity (Wildman–Crippen MR) is 47.0 cm³/mol. The van der Waals surface area contributed by atoms with Gasteiger partial charge in [-0.05, 0) is 18.5 Å². The minimum atomic E-state index is -1.13. The number of carbonyl (C=O) groups is 2. The summed E-state index contributed by atoms with van der Waals surface area (Å²) >= 11 is 0.890. The zero-order valence-corrected chi connectivity index (χ0v) is 7.51. The Labute approximate surface area is 77.5 Å². The topological polar surface area (TPSA) is 105 Å². The van der Waals surface area contributed by atoms with Gasteiger partial charge in [-0.15, -0.1) is 0 Å². The molecule has 1 aromatic rings. The molecule has 0 aliphatic rings. The van der Waals surface area contributed by atoms with E-state index in [1.54, 1.807) is 6.92 Å². The monoisotopic (exact) mass is 201 g/mol. The van der Waals surface area contributed by atoms with Gasteiger partial charge in [-0.2, -0.15) is 4.37 Å². The molecule has 0 fully saturated rings. The van der Waals surface area contributed by atoms with E-state index in [2.05, 4.69) is 9.69 Å². The second-order valence-corrected chi connectivity index (χ2v) is 3.04. The fourth-order valence-corrected chi connectivity index (χ4v) is 1.61. The molecule has 2 amide bonds. The van der Waals surface area contributed by atoms with Crippen molar-refractivity contribution in [1.82, 2.24) is 4.37 Å². The molecule has 1 rings (SSSR count). The van der Waals surface area contributed by atoms with E-state index in [9.17, 15) is 9.59 Å². The minimum absolute atomic E-state index is 0.0104. The van der Waals surface area contributed by atoms with Gasteiger partial charge in [0.25, 0.3) is 0 Å². The van der Waals surface area contributed by atoms with E-state index in [1.807, 2.05) is 0 Å². The summed E-state index contributed by atoms with van der Waals surface area (Å²) in [4.78, 5) is 21.1. The average Bonchev–Trinajstić information content (AvgIpc) is 2.30. The minimum Gasteiger partial charge on any atom is -0.478 e. The molecular formula is C6H7N3O3S. The number of nitrogens with one attached hydrogen (secondary N) is 1. The van der Waals surface area contributed by atoms with Crippen LogP contribution in [-0.2, 0) is 0 Å². The number of nitrogens with two attached hydrogens (primary N) is 1. The number of anilines is 1. The Kier molecular flexibility index (Phi) is 2.47. The van der Waals surface area contributed by atoms with Crippen molar-refractivity contribution in [3.05, 3.63) is 11.3 Å². The summed E-state index contributed by atoms with van der Waals surface area (Å²) in [5, 5.41) is 11.1. The van der Waals surface area contributed by atoms with E-state index in [0.29, 0.717) is 5.69 Å². The summed E-state index contributed by atoms with van der Waals surface area (Å²) in [7, 11) is 0. The number of amides is 2. The molecule has 0 bridgehead atoms. The second-order valence-electron chi connectivity index (χ2n) is 2.27. The number of carboxylic acid groups (broad SMARTS) is 1. The highest BCUT2D eigenvalue weighted by molar-refractivity contribution is 7.11. The number of aryl methyl sites for hydroxylation is 1. The average molecular weight is 201 g/mol. The highest BCUT2D eigenvalue weighted by Gasteiger charge is 2.17. The van der Waals surface area contributed by atoms with Crippen LogP contribution >= 0.6 is 11.5 Å². The molecule has 0 saturated carbocycles. The van der Waals surface area contributed by atoms with Gasteiger partial charge < -0.3 is 10.8 Å². The first-order valence-electron chi connectivity index (χ1n) is 3.28. The third kappa shape index (κ3) is 1.94. The van der Waals surface area contributed by atoms with Gasteiger partial charge in [0.05, 0.1) is 5.69 Å². The lowest BCUT2D eigenvalue weighted by Gasteiger charge is -1.97. The fraction of sp³-hybridized carbons (Fsp3) is 0.167. The van der Waals surface area contributed by atoms with Crippen molar-refractivity contribution in [2.45, 2.75) is 6.92 Å². The molecule has 1 aromatic heterocycles. The number of aromatic carboxylic acids is 1. The molecule has 0 spiro atoms. The molecule has 0 aromatic carbocycles. The molecule has 70 valence electrons. The van der Waals surface area contributed by atoms with Crippen LogP contribution in [0, 0.1) is 6.92 Å². The molecule has 0 unspecified atom stereocenters. The molecule has 0 saturated heterocycles. The lowest BCUT2D eigenvalue weighted by molar-refractivity contribution is 0.0697. The number of aromatic nitrogens is 1. The van der Waals surface area contributed by atoms with Crippen LogP contribution in [0.4, 0.5) is 9.80 Å². The van der Waals surface area contributed by atoms with Crippen molar-refractivity contribution in [2.75, 3.05) is 5.32 Å². The van der Waals surface area contributed by atoms with Crippen LogP contribution in [-0.4, -0.2) is 21.5 Å². The van der Waals surface area contributed by atoms with Crippen LogP contribution in [0.5, 0.6) is 0 Å². The molecule has 4 N–H and O–H groups in total. The van der Waals surface area contributed by atoms with Gasteiger partial charge in [0, 0.05) is 0 Å². The maximum atomic E-state index is 10.7. The van der Waals surface area contributed by atoms with Crippen LogP contribution in [0.3, 0.4) is 0 Å². The van der Waals surface area contributed by atoms with Gasteiger partial charge in [0.15, 0.2) is 0 Å². The highest BCUT2D eigenvalue weighted by atomic mass is 32.1. The number of primary amides is 1. The Morgan fingerprint density at radius 2 is 2.23 bits per heavy atom. The fourth-order valence-electron chi connectivity index (χ4n) is 0.819. The summed E-state index contributed by atoms with van der Waals surface area (Å²) in [5.41, 5.74) is 5.19. The standard InChI is InChI=1S/C6H7N3O3S/c1-2-3(5(10)11)4(13-9-2)8-6(7)12/h1H3,(H,10,11)(H3,7,8,12). The van der Waals surface area contributed by atoms with E-state index in [-0.39, 0.29) is 10.6 Å². The molecule has 0 aliphatic carbocycles.